The van der Waals surface area contributed by atoms with E-state index in [1.807, 2.05) is 30.3 Å². The van der Waals surface area contributed by atoms with Crippen molar-refractivity contribution in [2.75, 3.05) is 0 Å². The number of benzene rings is 1. The predicted octanol–water partition coefficient (Wildman–Crippen LogP) is 3.36. The van der Waals surface area contributed by atoms with Crippen LogP contribution in [0.1, 0.15) is 166 Å². The number of hydrogen-bond acceptors (Lipinski definition) is 12. The largest absolute Gasteiger partial charge is 0.459 e. The highest BCUT2D eigenvalue weighted by Gasteiger charge is 2.46. The molecule has 0 heterocycles. The molecule has 5 rings (SSSR count). The molecule has 4 saturated carbocycles. The average Bonchev–Trinajstić information content (AvgIpc) is 4.16. The van der Waals surface area contributed by atoms with Gasteiger partial charge >= 0.3 is 12.1 Å². The minimum atomic E-state index is -1.43. The van der Waals surface area contributed by atoms with Gasteiger partial charge in [0.2, 0.25) is 47.3 Å². The van der Waals surface area contributed by atoms with Crippen molar-refractivity contribution in [2.24, 2.45) is 23.7 Å². The maximum Gasteiger partial charge on any atom is 0.408 e. The van der Waals surface area contributed by atoms with Crippen LogP contribution in [0.2, 0.25) is 0 Å². The number of nitrogens with one attached hydrogen (secondary N) is 9. The molecule has 9 N–H and O–H groups in total. The Morgan fingerprint density at radius 1 is 0.474 bits per heavy atom. The summed E-state index contributed by atoms with van der Waals surface area (Å²) < 4.78 is 10.7. The molecule has 0 aliphatic heterocycles. The molecule has 0 saturated heterocycles. The van der Waals surface area contributed by atoms with E-state index in [0.29, 0.717) is 77.0 Å². The van der Waals surface area contributed by atoms with Crippen LogP contribution in [0.15, 0.2) is 30.3 Å². The van der Waals surface area contributed by atoms with Gasteiger partial charge < -0.3 is 57.3 Å². The Hall–Kier alpha value is -6.28. The maximum atomic E-state index is 13.9. The lowest BCUT2D eigenvalue weighted by molar-refractivity contribution is -0.154. The fourth-order valence-electron chi connectivity index (χ4n) is 10.4. The second kappa shape index (κ2) is 24.8. The third kappa shape index (κ3) is 16.4. The summed E-state index contributed by atoms with van der Waals surface area (Å²) in [5, 5.41) is 25.6. The first-order valence-corrected chi connectivity index (χ1v) is 27.0. The highest BCUT2D eigenvalue weighted by molar-refractivity contribution is 5.96. The van der Waals surface area contributed by atoms with E-state index in [0.717, 1.165) is 5.56 Å². The molecule has 4 fully saturated rings. The third-order valence-corrected chi connectivity index (χ3v) is 15.0. The molecule has 0 spiro atoms. The molecule has 9 amide bonds. The molecule has 0 radical (unpaired) electrons. The van der Waals surface area contributed by atoms with Crippen molar-refractivity contribution in [3.8, 4) is 0 Å². The van der Waals surface area contributed by atoms with Gasteiger partial charge in [-0.05, 0) is 140 Å². The standard InChI is InChI=1S/C55H85N9O12/c1-31(56-50(74)76-51(2,3)4)41(65)57-37-26-16-22-33(37)42(66)61-52(5,6)46(70)58-38-27-17-23-34(38)43(67)62-53(7,8)47(71)59-39-28-18-24-35(39)44(68)63-54(9,10)48(72)60-40-29-19-25-36(40)45(69)64-55(11,12)49(73)75-30-32-20-14-13-15-21-32/h13-15,20-21,31,33-40H,16-19,22-30H2,1-12H3,(H,56,74)(H,57,65)(H,58,70)(H,59,71)(H,60,72)(H,61,66)(H,62,67)(H,63,68)(H,64,69)/t31-,33-,34-,35-,36-,37-,38-,39-,40-/m0/s1. The summed E-state index contributed by atoms with van der Waals surface area (Å²) in [6.07, 6.45) is 5.73. The molecule has 21 nitrogen and oxygen atoms in total. The summed E-state index contributed by atoms with van der Waals surface area (Å²) in [7, 11) is 0. The summed E-state index contributed by atoms with van der Waals surface area (Å²) in [5.74, 6) is -6.87. The van der Waals surface area contributed by atoms with Gasteiger partial charge in [0.1, 0.15) is 40.4 Å². The number of ether oxygens (including phenoxy) is 2. The SMILES string of the molecule is C[C@H](NC(=O)OC(C)(C)C)C(=O)N[C@H]1CCC[C@@H]1C(=O)NC(C)(C)C(=O)N[C@H]1CCC[C@@H]1C(=O)NC(C)(C)C(=O)N[C@H]1CCC[C@@H]1C(=O)NC(C)(C)C(=O)N[C@H]1CCC[C@@H]1C(=O)NC(C)(C)C(=O)OCc1ccccc1. The molecule has 422 valence electrons. The number of esters is 1. The van der Waals surface area contributed by atoms with E-state index in [9.17, 15) is 47.9 Å². The van der Waals surface area contributed by atoms with Gasteiger partial charge in [-0.2, -0.15) is 0 Å². The first kappa shape index (κ1) is 60.6. The number of carbonyl (C=O) groups is 10. The fourth-order valence-corrected chi connectivity index (χ4v) is 10.4. The van der Waals surface area contributed by atoms with Crippen molar-refractivity contribution in [1.29, 1.82) is 0 Å². The van der Waals surface area contributed by atoms with Gasteiger partial charge in [-0.3, -0.25) is 38.4 Å². The van der Waals surface area contributed by atoms with Gasteiger partial charge in [-0.15, -0.1) is 0 Å². The monoisotopic (exact) mass is 1060 g/mol. The normalized spacial score (nSPS) is 24.2. The van der Waals surface area contributed by atoms with Crippen molar-refractivity contribution in [3.63, 3.8) is 0 Å². The van der Waals surface area contributed by atoms with Crippen molar-refractivity contribution < 1.29 is 57.4 Å². The summed E-state index contributed by atoms with van der Waals surface area (Å²) >= 11 is 0. The summed E-state index contributed by atoms with van der Waals surface area (Å²) in [6.45, 7) is 19.2. The number of carbonyl (C=O) groups excluding carboxylic acids is 10. The zero-order valence-corrected chi connectivity index (χ0v) is 46.7. The highest BCUT2D eigenvalue weighted by Crippen LogP contribution is 2.32. The Morgan fingerprint density at radius 2 is 0.803 bits per heavy atom. The van der Waals surface area contributed by atoms with Crippen molar-refractivity contribution in [1.82, 2.24) is 47.9 Å². The quantitative estimate of drug-likeness (QED) is 0.0850. The minimum Gasteiger partial charge on any atom is -0.459 e. The van der Waals surface area contributed by atoms with E-state index in [2.05, 4.69) is 47.9 Å². The number of amides is 9. The minimum absolute atomic E-state index is 0.0547. The van der Waals surface area contributed by atoms with Crippen LogP contribution in [-0.4, -0.2) is 117 Å². The molecule has 0 aromatic heterocycles. The van der Waals surface area contributed by atoms with Gasteiger partial charge in [0, 0.05) is 24.2 Å². The topological polar surface area (TPSA) is 297 Å². The Kier molecular flexibility index (Phi) is 19.8. The Labute approximate surface area is 447 Å². The van der Waals surface area contributed by atoms with Crippen LogP contribution >= 0.6 is 0 Å². The maximum absolute atomic E-state index is 13.9. The molecule has 0 unspecified atom stereocenters. The molecule has 0 bridgehead atoms. The van der Waals surface area contributed by atoms with E-state index >= 15 is 0 Å². The van der Waals surface area contributed by atoms with Crippen LogP contribution in [-0.2, 0) is 59.2 Å². The second-order valence-electron chi connectivity index (χ2n) is 24.4. The molecule has 4 aliphatic carbocycles. The summed E-state index contributed by atoms with van der Waals surface area (Å²) in [4.78, 5) is 135. The molecule has 1 aromatic rings. The first-order valence-electron chi connectivity index (χ1n) is 27.0. The van der Waals surface area contributed by atoms with Gasteiger partial charge in [-0.1, -0.05) is 56.0 Å². The Balaban J connectivity index is 1.08. The molecule has 76 heavy (non-hydrogen) atoms. The zero-order chi connectivity index (χ0) is 56.6. The van der Waals surface area contributed by atoms with E-state index < -0.39 is 141 Å². The summed E-state index contributed by atoms with van der Waals surface area (Å²) in [5.41, 5.74) is -5.50. The van der Waals surface area contributed by atoms with Gasteiger partial charge in [0.15, 0.2) is 0 Å². The molecule has 1 aromatic carbocycles. The van der Waals surface area contributed by atoms with E-state index in [1.54, 1.807) is 76.2 Å². The Bertz CT molecular complexity index is 2330. The number of hydrogen-bond donors (Lipinski definition) is 9. The van der Waals surface area contributed by atoms with Crippen LogP contribution in [0.4, 0.5) is 4.79 Å². The highest BCUT2D eigenvalue weighted by atomic mass is 16.6. The van der Waals surface area contributed by atoms with Crippen molar-refractivity contribution >= 4 is 59.3 Å². The smallest absolute Gasteiger partial charge is 0.408 e. The predicted molar refractivity (Wildman–Crippen MR) is 281 cm³/mol. The van der Waals surface area contributed by atoms with Crippen LogP contribution in [0.5, 0.6) is 0 Å². The van der Waals surface area contributed by atoms with Crippen LogP contribution in [0.25, 0.3) is 0 Å². The zero-order valence-electron chi connectivity index (χ0n) is 46.7. The first-order chi connectivity index (χ1) is 35.3. The number of rotatable bonds is 20. The second-order valence-corrected chi connectivity index (χ2v) is 24.4. The van der Waals surface area contributed by atoms with Crippen molar-refractivity contribution in [2.45, 2.75) is 225 Å². The van der Waals surface area contributed by atoms with Crippen LogP contribution in [0, 0.1) is 23.7 Å². The van der Waals surface area contributed by atoms with Crippen LogP contribution in [0.3, 0.4) is 0 Å². The average molecular weight is 1060 g/mol. The Morgan fingerprint density at radius 3 is 1.14 bits per heavy atom. The van der Waals surface area contributed by atoms with Crippen molar-refractivity contribution in [3.05, 3.63) is 35.9 Å². The van der Waals surface area contributed by atoms with Gasteiger partial charge in [-0.25, -0.2) is 9.59 Å². The molecule has 9 atom stereocenters. The fraction of sp³-hybridized carbons (Fsp3) is 0.709. The molecule has 21 heteroatoms. The molecule has 4 aliphatic rings. The van der Waals surface area contributed by atoms with Crippen LogP contribution < -0.4 is 47.9 Å². The number of alkyl carbamates (subject to hydrolysis) is 1. The van der Waals surface area contributed by atoms with Gasteiger partial charge in [0.25, 0.3) is 0 Å². The lowest BCUT2D eigenvalue weighted by Gasteiger charge is -2.33. The lowest BCUT2D eigenvalue weighted by Crippen LogP contribution is -2.62. The van der Waals surface area contributed by atoms with E-state index in [1.165, 1.54) is 6.92 Å². The lowest BCUT2D eigenvalue weighted by atomic mass is 9.94. The molecular formula is C55H85N9O12. The van der Waals surface area contributed by atoms with Gasteiger partial charge in [0.05, 0.1) is 23.7 Å². The summed E-state index contributed by atoms with van der Waals surface area (Å²) in [6, 6.07) is 6.02. The molecular weight excluding hydrogens is 979 g/mol. The third-order valence-electron chi connectivity index (χ3n) is 15.0. The van der Waals surface area contributed by atoms with E-state index in [4.69, 9.17) is 9.47 Å². The van der Waals surface area contributed by atoms with E-state index in [-0.39, 0.29) is 6.61 Å².